The lowest BCUT2D eigenvalue weighted by Gasteiger charge is -2.22. The maximum absolute atomic E-state index is 12.7. The van der Waals surface area contributed by atoms with Crippen LogP contribution in [0.4, 0.5) is 18.0 Å². The number of alkyl carbamates (subject to hydrolysis) is 1. The summed E-state index contributed by atoms with van der Waals surface area (Å²) in [7, 11) is 0. The molecule has 0 saturated heterocycles. The molecule has 0 aromatic carbocycles. The standard InChI is InChI=1S/C12H18F3N3O3/c1-11(2,3)21-10(20)17-7-5-8(12(13,14)15)18-9(19)4-6-16/h8H,4-5,7H2,1-3H3,(H,17,20)(H,18,19). The molecule has 0 aromatic heterocycles. The van der Waals surface area contributed by atoms with E-state index in [0.717, 1.165) is 0 Å². The van der Waals surface area contributed by atoms with Gasteiger partial charge in [0.2, 0.25) is 5.91 Å². The Labute approximate surface area is 120 Å². The molecule has 0 radical (unpaired) electrons. The van der Waals surface area contributed by atoms with E-state index in [0.29, 0.717) is 0 Å². The van der Waals surface area contributed by atoms with E-state index in [1.807, 2.05) is 0 Å². The highest BCUT2D eigenvalue weighted by atomic mass is 19.4. The molecule has 2 amide bonds. The molecule has 1 unspecified atom stereocenters. The van der Waals surface area contributed by atoms with Crippen molar-refractivity contribution in [3.8, 4) is 6.07 Å². The van der Waals surface area contributed by atoms with Crippen molar-refractivity contribution in [1.29, 1.82) is 5.26 Å². The molecule has 0 aliphatic heterocycles. The summed E-state index contributed by atoms with van der Waals surface area (Å²) in [5.74, 6) is -1.02. The van der Waals surface area contributed by atoms with Gasteiger partial charge in [-0.2, -0.15) is 18.4 Å². The van der Waals surface area contributed by atoms with Crippen LogP contribution in [0.25, 0.3) is 0 Å². The first-order valence-electron chi connectivity index (χ1n) is 6.15. The minimum Gasteiger partial charge on any atom is -0.444 e. The third-order valence-electron chi connectivity index (χ3n) is 2.07. The van der Waals surface area contributed by atoms with Crippen LogP contribution in [0.5, 0.6) is 0 Å². The van der Waals surface area contributed by atoms with Crippen LogP contribution in [0.1, 0.15) is 33.6 Å². The second kappa shape index (κ2) is 7.71. The Morgan fingerprint density at radius 1 is 1.29 bits per heavy atom. The summed E-state index contributed by atoms with van der Waals surface area (Å²) >= 11 is 0. The van der Waals surface area contributed by atoms with Gasteiger partial charge < -0.3 is 15.4 Å². The van der Waals surface area contributed by atoms with Crippen LogP contribution in [0.2, 0.25) is 0 Å². The van der Waals surface area contributed by atoms with Gasteiger partial charge >= 0.3 is 12.3 Å². The Morgan fingerprint density at radius 2 is 1.86 bits per heavy atom. The zero-order valence-electron chi connectivity index (χ0n) is 12.0. The van der Waals surface area contributed by atoms with Gasteiger partial charge in [0.1, 0.15) is 18.1 Å². The van der Waals surface area contributed by atoms with E-state index >= 15 is 0 Å². The zero-order valence-corrected chi connectivity index (χ0v) is 12.0. The normalized spacial score (nSPS) is 13.0. The van der Waals surface area contributed by atoms with Crippen molar-refractivity contribution in [1.82, 2.24) is 10.6 Å². The Bertz CT molecular complexity index is 411. The van der Waals surface area contributed by atoms with Gasteiger partial charge in [-0.25, -0.2) is 4.79 Å². The van der Waals surface area contributed by atoms with Gasteiger partial charge in [-0.1, -0.05) is 0 Å². The first-order chi connectivity index (χ1) is 9.45. The van der Waals surface area contributed by atoms with E-state index in [1.54, 1.807) is 26.1 Å². The largest absolute Gasteiger partial charge is 0.444 e. The molecular formula is C12H18F3N3O3. The first kappa shape index (κ1) is 19.0. The fourth-order valence-corrected chi connectivity index (χ4v) is 1.27. The zero-order chi connectivity index (χ0) is 16.7. The van der Waals surface area contributed by atoms with Gasteiger partial charge in [-0.05, 0) is 27.2 Å². The second-order valence-electron chi connectivity index (χ2n) is 5.21. The average Bonchev–Trinajstić information content (AvgIpc) is 2.24. The maximum atomic E-state index is 12.7. The molecule has 2 N–H and O–H groups in total. The molecule has 0 spiro atoms. The fraction of sp³-hybridized carbons (Fsp3) is 0.750. The number of halogens is 3. The number of nitrogens with one attached hydrogen (secondary N) is 2. The summed E-state index contributed by atoms with van der Waals surface area (Å²) in [6.07, 6.45) is -6.72. The summed E-state index contributed by atoms with van der Waals surface area (Å²) in [5, 5.41) is 12.1. The van der Waals surface area contributed by atoms with Crippen LogP contribution in [0.15, 0.2) is 0 Å². The number of hydrogen-bond acceptors (Lipinski definition) is 4. The van der Waals surface area contributed by atoms with Crippen molar-refractivity contribution in [3.05, 3.63) is 0 Å². The molecular weight excluding hydrogens is 291 g/mol. The average molecular weight is 309 g/mol. The fourth-order valence-electron chi connectivity index (χ4n) is 1.27. The van der Waals surface area contributed by atoms with E-state index in [2.05, 4.69) is 5.32 Å². The number of nitrogens with zero attached hydrogens (tertiary/aromatic N) is 1. The van der Waals surface area contributed by atoms with Gasteiger partial charge in [0, 0.05) is 6.54 Å². The number of hydrogen-bond donors (Lipinski definition) is 2. The van der Waals surface area contributed by atoms with Gasteiger partial charge in [0.15, 0.2) is 0 Å². The molecule has 6 nitrogen and oxygen atoms in total. The third kappa shape index (κ3) is 9.54. The van der Waals surface area contributed by atoms with Crippen molar-refractivity contribution in [2.24, 2.45) is 0 Å². The van der Waals surface area contributed by atoms with Gasteiger partial charge in [0.05, 0.1) is 6.07 Å². The summed E-state index contributed by atoms with van der Waals surface area (Å²) in [6.45, 7) is 4.53. The molecule has 0 rings (SSSR count). The van der Waals surface area contributed by atoms with Crippen LogP contribution in [-0.4, -0.2) is 36.4 Å². The first-order valence-corrected chi connectivity index (χ1v) is 6.15. The lowest BCUT2D eigenvalue weighted by molar-refractivity contribution is -0.162. The summed E-state index contributed by atoms with van der Waals surface area (Å²) < 4.78 is 42.9. The quantitative estimate of drug-likeness (QED) is 0.811. The summed E-state index contributed by atoms with van der Waals surface area (Å²) in [4.78, 5) is 22.3. The molecule has 0 aliphatic carbocycles. The Hall–Kier alpha value is -1.98. The van der Waals surface area contributed by atoms with Crippen LogP contribution in [0.3, 0.4) is 0 Å². The number of alkyl halides is 3. The molecule has 1 atom stereocenters. The number of carbonyl (C=O) groups excluding carboxylic acids is 2. The Balaban J connectivity index is 4.36. The van der Waals surface area contributed by atoms with Crippen LogP contribution in [0, 0.1) is 11.3 Å². The molecule has 21 heavy (non-hydrogen) atoms. The predicted molar refractivity (Wildman–Crippen MR) is 67.1 cm³/mol. The molecule has 0 aliphatic rings. The van der Waals surface area contributed by atoms with Crippen molar-refractivity contribution in [3.63, 3.8) is 0 Å². The van der Waals surface area contributed by atoms with E-state index in [-0.39, 0.29) is 6.54 Å². The van der Waals surface area contributed by atoms with Crippen molar-refractivity contribution in [2.45, 2.75) is 51.4 Å². The molecule has 0 saturated carbocycles. The van der Waals surface area contributed by atoms with Gasteiger partial charge in [-0.15, -0.1) is 0 Å². The predicted octanol–water partition coefficient (Wildman–Crippen LogP) is 1.86. The topological polar surface area (TPSA) is 91.2 Å². The number of nitriles is 1. The molecule has 0 heterocycles. The SMILES string of the molecule is CC(C)(C)OC(=O)NCCC(NC(=O)CC#N)C(F)(F)F. The summed E-state index contributed by atoms with van der Waals surface area (Å²) in [5.41, 5.74) is -0.755. The van der Waals surface area contributed by atoms with Crippen LogP contribution < -0.4 is 10.6 Å². The molecule has 0 bridgehead atoms. The Kier molecular flexibility index (Phi) is 6.98. The lowest BCUT2D eigenvalue weighted by atomic mass is 10.2. The van der Waals surface area contributed by atoms with Crippen molar-refractivity contribution >= 4 is 12.0 Å². The monoisotopic (exact) mass is 309 g/mol. The highest BCUT2D eigenvalue weighted by Gasteiger charge is 2.40. The molecule has 0 fully saturated rings. The highest BCUT2D eigenvalue weighted by Crippen LogP contribution is 2.22. The summed E-state index contributed by atoms with van der Waals surface area (Å²) in [6, 6.07) is -0.676. The minimum absolute atomic E-state index is 0.327. The lowest BCUT2D eigenvalue weighted by Crippen LogP contribution is -2.47. The third-order valence-corrected chi connectivity index (χ3v) is 2.07. The van der Waals surface area contributed by atoms with E-state index in [9.17, 15) is 22.8 Å². The molecule has 0 aromatic rings. The number of rotatable bonds is 5. The maximum Gasteiger partial charge on any atom is 0.408 e. The van der Waals surface area contributed by atoms with Crippen LogP contribution in [-0.2, 0) is 9.53 Å². The van der Waals surface area contributed by atoms with E-state index in [4.69, 9.17) is 10.00 Å². The van der Waals surface area contributed by atoms with Crippen molar-refractivity contribution in [2.75, 3.05) is 6.54 Å². The smallest absolute Gasteiger partial charge is 0.408 e. The number of amides is 2. The van der Waals surface area contributed by atoms with Crippen molar-refractivity contribution < 1.29 is 27.5 Å². The Morgan fingerprint density at radius 3 is 2.29 bits per heavy atom. The van der Waals surface area contributed by atoms with Crippen LogP contribution >= 0.6 is 0 Å². The molecule has 9 heteroatoms. The van der Waals surface area contributed by atoms with E-state index < -0.39 is 42.7 Å². The molecule has 120 valence electrons. The second-order valence-corrected chi connectivity index (χ2v) is 5.21. The van der Waals surface area contributed by atoms with Gasteiger partial charge in [0.25, 0.3) is 0 Å². The number of ether oxygens (including phenoxy) is 1. The van der Waals surface area contributed by atoms with E-state index in [1.165, 1.54) is 6.07 Å². The number of carbonyl (C=O) groups is 2. The highest BCUT2D eigenvalue weighted by molar-refractivity contribution is 5.78. The minimum atomic E-state index is -4.67. The van der Waals surface area contributed by atoms with Gasteiger partial charge in [-0.3, -0.25) is 4.79 Å².